The summed E-state index contributed by atoms with van der Waals surface area (Å²) in [7, 11) is 1.35. The van der Waals surface area contributed by atoms with Crippen LogP contribution < -0.4 is 4.74 Å². The van der Waals surface area contributed by atoms with Crippen LogP contribution >= 0.6 is 0 Å². The number of benzene rings is 2. The van der Waals surface area contributed by atoms with Crippen LogP contribution in [0.1, 0.15) is 10.4 Å². The van der Waals surface area contributed by atoms with Crippen LogP contribution in [0.25, 0.3) is 11.1 Å². The Labute approximate surface area is 112 Å². The third-order valence-electron chi connectivity index (χ3n) is 2.78. The summed E-state index contributed by atoms with van der Waals surface area (Å²) in [4.78, 5) is 10.7. The van der Waals surface area contributed by atoms with E-state index in [1.807, 2.05) is 0 Å². The molecule has 6 heteroatoms. The van der Waals surface area contributed by atoms with E-state index in [-0.39, 0.29) is 16.9 Å². The van der Waals surface area contributed by atoms with Crippen LogP contribution in [0.2, 0.25) is 0 Å². The molecule has 2 aromatic carbocycles. The van der Waals surface area contributed by atoms with Crippen molar-refractivity contribution in [2.45, 2.75) is 0 Å². The molecule has 0 aliphatic heterocycles. The summed E-state index contributed by atoms with van der Waals surface area (Å²) in [5.74, 6) is -5.05. The number of aromatic carboxylic acids is 1. The summed E-state index contributed by atoms with van der Waals surface area (Å²) in [6, 6.07) is 5.48. The molecule has 3 nitrogen and oxygen atoms in total. The first-order valence-corrected chi connectivity index (χ1v) is 5.51. The van der Waals surface area contributed by atoms with Gasteiger partial charge in [0.15, 0.2) is 11.6 Å². The minimum atomic E-state index is -1.60. The van der Waals surface area contributed by atoms with Gasteiger partial charge in [0.1, 0.15) is 11.6 Å². The van der Waals surface area contributed by atoms with Crippen LogP contribution in [0, 0.1) is 17.5 Å². The van der Waals surface area contributed by atoms with Gasteiger partial charge in [0, 0.05) is 11.1 Å². The molecule has 0 aliphatic carbocycles. The number of halogens is 3. The van der Waals surface area contributed by atoms with E-state index >= 15 is 0 Å². The van der Waals surface area contributed by atoms with E-state index < -0.39 is 29.0 Å². The minimum absolute atomic E-state index is 0.210. The highest BCUT2D eigenvalue weighted by Gasteiger charge is 2.20. The Bertz CT molecular complexity index is 684. The molecule has 0 saturated heterocycles. The molecule has 1 N–H and O–H groups in total. The Morgan fingerprint density at radius 3 is 2.35 bits per heavy atom. The fourth-order valence-corrected chi connectivity index (χ4v) is 1.76. The maximum Gasteiger partial charge on any atom is 0.338 e. The van der Waals surface area contributed by atoms with E-state index in [0.29, 0.717) is 0 Å². The number of methoxy groups -OCH3 is 1. The molecule has 0 radical (unpaired) electrons. The highest BCUT2D eigenvalue weighted by molar-refractivity contribution is 5.89. The molecule has 0 spiro atoms. The van der Waals surface area contributed by atoms with Crippen molar-refractivity contribution in [3.8, 4) is 16.9 Å². The van der Waals surface area contributed by atoms with Gasteiger partial charge in [-0.3, -0.25) is 0 Å². The monoisotopic (exact) mass is 282 g/mol. The van der Waals surface area contributed by atoms with Crippen molar-refractivity contribution < 1.29 is 27.8 Å². The van der Waals surface area contributed by atoms with Crippen LogP contribution in [0.5, 0.6) is 5.75 Å². The van der Waals surface area contributed by atoms with Gasteiger partial charge in [0.2, 0.25) is 0 Å². The number of carboxylic acids is 1. The summed E-state index contributed by atoms with van der Waals surface area (Å²) in [5.41, 5.74) is -1.39. The molecule has 0 fully saturated rings. The standard InChI is InChI=1S/C14H9F3O3/c1-20-7-2-5-11(15)10(6-7)8-3-4-9(14(18)19)13(17)12(8)16/h2-6H,1H3,(H,18,19). The van der Waals surface area contributed by atoms with Gasteiger partial charge in [0.25, 0.3) is 0 Å². The topological polar surface area (TPSA) is 46.5 Å². The van der Waals surface area contributed by atoms with Crippen molar-refractivity contribution in [2.24, 2.45) is 0 Å². The molecular weight excluding hydrogens is 273 g/mol. The number of carboxylic acid groups (broad SMARTS) is 1. The Balaban J connectivity index is 2.65. The maximum atomic E-state index is 13.9. The van der Waals surface area contributed by atoms with Crippen LogP contribution in [0.4, 0.5) is 13.2 Å². The number of ether oxygens (including phenoxy) is 1. The van der Waals surface area contributed by atoms with Crippen LogP contribution in [-0.4, -0.2) is 18.2 Å². The van der Waals surface area contributed by atoms with Gasteiger partial charge in [-0.15, -0.1) is 0 Å². The van der Waals surface area contributed by atoms with Crippen LogP contribution in [0.3, 0.4) is 0 Å². The summed E-state index contributed by atoms with van der Waals surface area (Å²) < 4.78 is 46.1. The third-order valence-corrected chi connectivity index (χ3v) is 2.78. The largest absolute Gasteiger partial charge is 0.497 e. The normalized spacial score (nSPS) is 10.4. The quantitative estimate of drug-likeness (QED) is 0.937. The second-order valence-electron chi connectivity index (χ2n) is 3.94. The van der Waals surface area contributed by atoms with E-state index in [4.69, 9.17) is 9.84 Å². The third kappa shape index (κ3) is 2.32. The predicted molar refractivity (Wildman–Crippen MR) is 65.3 cm³/mol. The SMILES string of the molecule is COc1ccc(F)c(-c2ccc(C(=O)O)c(F)c2F)c1. The fraction of sp³-hybridized carbons (Fsp3) is 0.0714. The van der Waals surface area contributed by atoms with E-state index in [2.05, 4.69) is 0 Å². The number of hydrogen-bond donors (Lipinski definition) is 1. The average Bonchev–Trinajstić information content (AvgIpc) is 2.42. The van der Waals surface area contributed by atoms with Crippen molar-refractivity contribution in [2.75, 3.05) is 7.11 Å². The van der Waals surface area contributed by atoms with E-state index in [9.17, 15) is 18.0 Å². The van der Waals surface area contributed by atoms with Gasteiger partial charge < -0.3 is 9.84 Å². The smallest absolute Gasteiger partial charge is 0.338 e. The van der Waals surface area contributed by atoms with E-state index in [0.717, 1.165) is 18.2 Å². The second-order valence-corrected chi connectivity index (χ2v) is 3.94. The lowest BCUT2D eigenvalue weighted by molar-refractivity contribution is 0.0690. The van der Waals surface area contributed by atoms with Gasteiger partial charge in [0.05, 0.1) is 12.7 Å². The molecule has 0 saturated carbocycles. The summed E-state index contributed by atoms with van der Waals surface area (Å²) >= 11 is 0. The molecule has 20 heavy (non-hydrogen) atoms. The molecule has 0 heterocycles. The van der Waals surface area contributed by atoms with Gasteiger partial charge in [-0.1, -0.05) is 6.07 Å². The Morgan fingerprint density at radius 1 is 1.05 bits per heavy atom. The first kappa shape index (κ1) is 13.9. The zero-order valence-corrected chi connectivity index (χ0v) is 10.3. The summed E-state index contributed by atoms with van der Waals surface area (Å²) in [6.07, 6.45) is 0. The fourth-order valence-electron chi connectivity index (χ4n) is 1.76. The first-order chi connectivity index (χ1) is 9.45. The van der Waals surface area contributed by atoms with E-state index in [1.165, 1.54) is 19.2 Å². The van der Waals surface area contributed by atoms with Gasteiger partial charge >= 0.3 is 5.97 Å². The summed E-state index contributed by atoms with van der Waals surface area (Å²) in [5, 5.41) is 8.69. The molecule has 0 bridgehead atoms. The highest BCUT2D eigenvalue weighted by Crippen LogP contribution is 2.31. The number of rotatable bonds is 3. The second kappa shape index (κ2) is 5.24. The average molecular weight is 282 g/mol. The lowest BCUT2D eigenvalue weighted by atomic mass is 10.0. The van der Waals surface area contributed by atoms with Crippen LogP contribution in [-0.2, 0) is 0 Å². The molecule has 0 aliphatic rings. The Kier molecular flexibility index (Phi) is 3.65. The number of carbonyl (C=O) groups is 1. The molecule has 0 amide bonds. The van der Waals surface area contributed by atoms with E-state index in [1.54, 1.807) is 0 Å². The zero-order chi connectivity index (χ0) is 14.9. The van der Waals surface area contributed by atoms with Crippen molar-refractivity contribution in [3.63, 3.8) is 0 Å². The molecule has 104 valence electrons. The predicted octanol–water partition coefficient (Wildman–Crippen LogP) is 3.48. The number of hydrogen-bond acceptors (Lipinski definition) is 2. The van der Waals surface area contributed by atoms with Gasteiger partial charge in [-0.25, -0.2) is 18.0 Å². The lowest BCUT2D eigenvalue weighted by Gasteiger charge is -2.09. The highest BCUT2D eigenvalue weighted by atomic mass is 19.2. The lowest BCUT2D eigenvalue weighted by Crippen LogP contribution is -2.04. The van der Waals surface area contributed by atoms with Crippen LogP contribution in [0.15, 0.2) is 30.3 Å². The molecular formula is C14H9F3O3. The zero-order valence-electron chi connectivity index (χ0n) is 10.3. The van der Waals surface area contributed by atoms with Crippen molar-refractivity contribution in [1.29, 1.82) is 0 Å². The molecule has 2 rings (SSSR count). The molecule has 0 unspecified atom stereocenters. The van der Waals surface area contributed by atoms with Crippen molar-refractivity contribution in [1.82, 2.24) is 0 Å². The Hall–Kier alpha value is -2.50. The first-order valence-electron chi connectivity index (χ1n) is 5.51. The minimum Gasteiger partial charge on any atom is -0.497 e. The molecule has 0 aromatic heterocycles. The Morgan fingerprint density at radius 2 is 1.75 bits per heavy atom. The summed E-state index contributed by atoms with van der Waals surface area (Å²) in [6.45, 7) is 0. The van der Waals surface area contributed by atoms with Gasteiger partial charge in [-0.2, -0.15) is 0 Å². The molecule has 2 aromatic rings. The maximum absolute atomic E-state index is 13.9. The molecule has 0 atom stereocenters. The van der Waals surface area contributed by atoms with Crippen molar-refractivity contribution >= 4 is 5.97 Å². The van der Waals surface area contributed by atoms with Gasteiger partial charge in [-0.05, 0) is 24.3 Å². The van der Waals surface area contributed by atoms with Crippen molar-refractivity contribution in [3.05, 3.63) is 53.3 Å².